The minimum atomic E-state index is -2.31. The van der Waals surface area contributed by atoms with Gasteiger partial charge in [-0.05, 0) is 0 Å². The molecule has 0 radical (unpaired) electrons. The summed E-state index contributed by atoms with van der Waals surface area (Å²) < 4.78 is 18.5. The molecule has 4 N–H and O–H groups in total. The van der Waals surface area contributed by atoms with Crippen molar-refractivity contribution in [1.82, 2.24) is 10.2 Å². The SMILES string of the molecule is NC1(F)C=CN([C@@H]2CS[C@H](CO)O2)C(=O)N1. The Morgan fingerprint density at radius 1 is 1.88 bits per heavy atom. The number of halogens is 1. The minimum Gasteiger partial charge on any atom is -0.393 e. The number of hydrogen-bond donors (Lipinski definition) is 3. The van der Waals surface area contributed by atoms with Crippen LogP contribution in [0.1, 0.15) is 0 Å². The van der Waals surface area contributed by atoms with E-state index in [0.29, 0.717) is 5.75 Å². The summed E-state index contributed by atoms with van der Waals surface area (Å²) in [5.74, 6) is -1.79. The number of carbonyl (C=O) groups is 1. The lowest BCUT2D eigenvalue weighted by Crippen LogP contribution is -2.59. The quantitative estimate of drug-likeness (QED) is 0.575. The molecule has 0 aliphatic carbocycles. The van der Waals surface area contributed by atoms with Crippen LogP contribution in [0.2, 0.25) is 0 Å². The van der Waals surface area contributed by atoms with Gasteiger partial charge in [0.1, 0.15) is 11.7 Å². The molecule has 90 valence electrons. The highest BCUT2D eigenvalue weighted by atomic mass is 32.2. The number of nitrogens with two attached hydrogens (primary N) is 1. The van der Waals surface area contributed by atoms with E-state index in [1.807, 2.05) is 5.32 Å². The predicted molar refractivity (Wildman–Crippen MR) is 55.7 cm³/mol. The van der Waals surface area contributed by atoms with Crippen LogP contribution < -0.4 is 11.1 Å². The number of nitrogens with zero attached hydrogens (tertiary/aromatic N) is 1. The first-order valence-corrected chi connectivity index (χ1v) is 5.72. The summed E-state index contributed by atoms with van der Waals surface area (Å²) in [7, 11) is 0. The first-order chi connectivity index (χ1) is 7.52. The van der Waals surface area contributed by atoms with Gasteiger partial charge in [0, 0.05) is 18.0 Å². The van der Waals surface area contributed by atoms with E-state index in [1.54, 1.807) is 0 Å². The minimum absolute atomic E-state index is 0.121. The van der Waals surface area contributed by atoms with E-state index in [9.17, 15) is 9.18 Å². The smallest absolute Gasteiger partial charge is 0.327 e. The van der Waals surface area contributed by atoms with Gasteiger partial charge in [-0.25, -0.2) is 4.79 Å². The molecule has 0 aromatic carbocycles. The van der Waals surface area contributed by atoms with Gasteiger partial charge in [-0.1, -0.05) is 0 Å². The highest BCUT2D eigenvalue weighted by Crippen LogP contribution is 2.28. The molecule has 0 saturated carbocycles. The van der Waals surface area contributed by atoms with E-state index in [2.05, 4.69) is 0 Å². The van der Waals surface area contributed by atoms with E-state index < -0.39 is 18.2 Å². The zero-order chi connectivity index (χ0) is 11.8. The Morgan fingerprint density at radius 3 is 3.19 bits per heavy atom. The predicted octanol–water partition coefficient (Wildman–Crippen LogP) is -0.485. The topological polar surface area (TPSA) is 87.8 Å². The van der Waals surface area contributed by atoms with Crippen LogP contribution in [0.4, 0.5) is 9.18 Å². The number of urea groups is 1. The average molecular weight is 249 g/mol. The van der Waals surface area contributed by atoms with Crippen LogP contribution >= 0.6 is 11.8 Å². The second-order valence-electron chi connectivity index (χ2n) is 3.46. The van der Waals surface area contributed by atoms with E-state index in [1.165, 1.54) is 22.9 Å². The Kier molecular flexibility index (Phi) is 3.06. The molecule has 2 aliphatic heterocycles. The van der Waals surface area contributed by atoms with Gasteiger partial charge in [-0.15, -0.1) is 11.8 Å². The maximum absolute atomic E-state index is 13.2. The zero-order valence-electron chi connectivity index (χ0n) is 8.30. The molecule has 0 bridgehead atoms. The van der Waals surface area contributed by atoms with Crippen LogP contribution in [-0.4, -0.2) is 46.0 Å². The summed E-state index contributed by atoms with van der Waals surface area (Å²) in [5, 5.41) is 10.8. The highest BCUT2D eigenvalue weighted by molar-refractivity contribution is 8.00. The van der Waals surface area contributed by atoms with E-state index in [0.717, 1.165) is 6.08 Å². The zero-order valence-corrected chi connectivity index (χ0v) is 9.11. The van der Waals surface area contributed by atoms with E-state index >= 15 is 0 Å². The summed E-state index contributed by atoms with van der Waals surface area (Å²) in [5.41, 5.74) is 4.74. The highest BCUT2D eigenvalue weighted by Gasteiger charge is 2.37. The van der Waals surface area contributed by atoms with Crippen molar-refractivity contribution in [2.24, 2.45) is 5.73 Å². The Balaban J connectivity index is 2.04. The summed E-state index contributed by atoms with van der Waals surface area (Å²) in [6, 6.07) is -0.656. The van der Waals surface area contributed by atoms with Gasteiger partial charge < -0.3 is 9.84 Å². The number of amides is 2. The molecule has 1 unspecified atom stereocenters. The largest absolute Gasteiger partial charge is 0.393 e. The van der Waals surface area contributed by atoms with Crippen molar-refractivity contribution >= 4 is 17.8 Å². The number of carbonyl (C=O) groups excluding carboxylic acids is 1. The molecule has 1 fully saturated rings. The molecule has 0 spiro atoms. The molecule has 2 heterocycles. The molecule has 2 rings (SSSR count). The Hall–Kier alpha value is -0.830. The van der Waals surface area contributed by atoms with Gasteiger partial charge in [0.05, 0.1) is 6.61 Å². The molecule has 0 aromatic heterocycles. The van der Waals surface area contributed by atoms with Crippen LogP contribution in [0.3, 0.4) is 0 Å². The monoisotopic (exact) mass is 249 g/mol. The van der Waals surface area contributed by atoms with Crippen LogP contribution in [-0.2, 0) is 4.74 Å². The van der Waals surface area contributed by atoms with E-state index in [-0.39, 0.29) is 12.0 Å². The molecule has 1 saturated heterocycles. The second kappa shape index (κ2) is 4.21. The summed E-state index contributed by atoms with van der Waals surface area (Å²) in [4.78, 5) is 12.7. The first-order valence-electron chi connectivity index (χ1n) is 4.67. The Labute approximate surface area is 95.6 Å². The molecule has 0 aromatic rings. The number of rotatable bonds is 2. The third-order valence-electron chi connectivity index (χ3n) is 2.20. The van der Waals surface area contributed by atoms with Gasteiger partial charge in [0.25, 0.3) is 5.92 Å². The van der Waals surface area contributed by atoms with Crippen molar-refractivity contribution in [2.75, 3.05) is 12.4 Å². The lowest BCUT2D eigenvalue weighted by Gasteiger charge is -2.32. The molecule has 3 atom stereocenters. The molecule has 16 heavy (non-hydrogen) atoms. The normalized spacial score (nSPS) is 38.9. The standard InChI is InChI=1S/C8H12FN3O3S/c9-8(10)1-2-12(7(14)11-8)5-4-16-6(3-13)15-5/h1-2,5-6,13H,3-4,10H2,(H,11,14)/t5-,6+,8?/m0/s1. The van der Waals surface area contributed by atoms with Crippen LogP contribution in [0.15, 0.2) is 12.3 Å². The molecule has 8 heteroatoms. The van der Waals surface area contributed by atoms with Crippen molar-refractivity contribution in [1.29, 1.82) is 0 Å². The van der Waals surface area contributed by atoms with Crippen molar-refractivity contribution in [3.05, 3.63) is 12.3 Å². The number of thioether (sulfide) groups is 1. The first kappa shape index (κ1) is 11.6. The fourth-order valence-electron chi connectivity index (χ4n) is 1.44. The van der Waals surface area contributed by atoms with Crippen LogP contribution in [0.25, 0.3) is 0 Å². The van der Waals surface area contributed by atoms with Gasteiger partial charge in [0.2, 0.25) is 0 Å². The fraction of sp³-hybridized carbons (Fsp3) is 0.625. The number of nitrogens with one attached hydrogen (secondary N) is 1. The number of aliphatic hydroxyl groups is 1. The Bertz CT molecular complexity index is 326. The Morgan fingerprint density at radius 2 is 2.62 bits per heavy atom. The molecule has 2 aliphatic rings. The lowest BCUT2D eigenvalue weighted by molar-refractivity contribution is -0.0257. The van der Waals surface area contributed by atoms with Gasteiger partial charge in [-0.3, -0.25) is 16.0 Å². The maximum atomic E-state index is 13.2. The summed E-state index contributed by atoms with van der Waals surface area (Å²) in [6.45, 7) is -0.121. The van der Waals surface area contributed by atoms with Crippen LogP contribution in [0, 0.1) is 0 Å². The summed E-state index contributed by atoms with van der Waals surface area (Å²) in [6.07, 6.45) is 1.79. The van der Waals surface area contributed by atoms with Crippen molar-refractivity contribution in [3.63, 3.8) is 0 Å². The molecular formula is C8H12FN3O3S. The molecule has 6 nitrogen and oxygen atoms in total. The van der Waals surface area contributed by atoms with Crippen molar-refractivity contribution < 1.29 is 19.0 Å². The van der Waals surface area contributed by atoms with Gasteiger partial charge in [-0.2, -0.15) is 4.39 Å². The number of hydrogen-bond acceptors (Lipinski definition) is 5. The number of ether oxygens (including phenoxy) is 1. The van der Waals surface area contributed by atoms with Gasteiger partial charge in [0.15, 0.2) is 0 Å². The van der Waals surface area contributed by atoms with Gasteiger partial charge >= 0.3 is 6.03 Å². The second-order valence-corrected chi connectivity index (χ2v) is 4.65. The number of alkyl halides is 1. The van der Waals surface area contributed by atoms with Crippen molar-refractivity contribution in [3.8, 4) is 0 Å². The third kappa shape index (κ3) is 2.29. The average Bonchev–Trinajstić information content (AvgIpc) is 2.64. The lowest BCUT2D eigenvalue weighted by atomic mass is 10.3. The fourth-order valence-corrected chi connectivity index (χ4v) is 2.37. The molecular weight excluding hydrogens is 237 g/mol. The maximum Gasteiger partial charge on any atom is 0.327 e. The van der Waals surface area contributed by atoms with E-state index in [4.69, 9.17) is 15.6 Å². The van der Waals surface area contributed by atoms with Crippen LogP contribution in [0.5, 0.6) is 0 Å². The number of aliphatic hydroxyl groups excluding tert-OH is 1. The molecule has 2 amide bonds. The van der Waals surface area contributed by atoms with Crippen molar-refractivity contribution in [2.45, 2.75) is 17.6 Å². The summed E-state index contributed by atoms with van der Waals surface area (Å²) >= 11 is 1.39. The third-order valence-corrected chi connectivity index (χ3v) is 3.31.